The zero-order valence-corrected chi connectivity index (χ0v) is 9.96. The summed E-state index contributed by atoms with van der Waals surface area (Å²) in [6, 6.07) is 8.40. The number of nitrogens with zero attached hydrogens (tertiary/aromatic N) is 1. The van der Waals surface area contributed by atoms with Crippen molar-refractivity contribution in [2.24, 2.45) is 0 Å². The van der Waals surface area contributed by atoms with Crippen LogP contribution < -0.4 is 0 Å². The number of rotatable bonds is 2. The number of hydrogen-bond acceptors (Lipinski definition) is 3. The minimum Gasteiger partial charge on any atom is -0.370 e. The smallest absolute Gasteiger partial charge is 0.123 e. The van der Waals surface area contributed by atoms with Gasteiger partial charge in [0, 0.05) is 23.6 Å². The molecule has 1 aliphatic heterocycles. The molecule has 0 N–H and O–H groups in total. The molecular formula is C13H13NOS. The lowest BCUT2D eigenvalue weighted by molar-refractivity contribution is -0.140. The van der Waals surface area contributed by atoms with Crippen LogP contribution in [0, 0.1) is 0 Å². The number of aromatic nitrogens is 1. The molecule has 0 radical (unpaired) electrons. The number of ether oxygens (including phenoxy) is 1. The molecule has 1 aromatic heterocycles. The molecule has 2 aromatic rings. The molecule has 2 heterocycles. The van der Waals surface area contributed by atoms with Gasteiger partial charge in [-0.25, -0.2) is 4.98 Å². The number of benzene rings is 1. The minimum absolute atomic E-state index is 0.109. The van der Waals surface area contributed by atoms with Crippen molar-refractivity contribution in [2.75, 3.05) is 6.61 Å². The van der Waals surface area contributed by atoms with Crippen LogP contribution in [-0.2, 0) is 10.3 Å². The molecule has 16 heavy (non-hydrogen) atoms. The van der Waals surface area contributed by atoms with Gasteiger partial charge in [-0.2, -0.15) is 0 Å². The van der Waals surface area contributed by atoms with Gasteiger partial charge in [0.25, 0.3) is 0 Å². The van der Waals surface area contributed by atoms with Crippen LogP contribution >= 0.6 is 11.3 Å². The Morgan fingerprint density at radius 1 is 1.38 bits per heavy atom. The van der Waals surface area contributed by atoms with Gasteiger partial charge in [-0.3, -0.25) is 0 Å². The molecule has 1 atom stereocenters. The predicted molar refractivity (Wildman–Crippen MR) is 65.5 cm³/mol. The highest BCUT2D eigenvalue weighted by Gasteiger charge is 2.37. The maximum Gasteiger partial charge on any atom is 0.123 e. The molecule has 1 unspecified atom stereocenters. The first kappa shape index (κ1) is 10.00. The summed E-state index contributed by atoms with van der Waals surface area (Å²) in [6.45, 7) is 3.02. The summed E-state index contributed by atoms with van der Waals surface area (Å²) >= 11 is 1.67. The summed E-state index contributed by atoms with van der Waals surface area (Å²) in [6.07, 6.45) is 2.94. The third kappa shape index (κ3) is 1.47. The van der Waals surface area contributed by atoms with Gasteiger partial charge in [0.05, 0.1) is 12.2 Å². The summed E-state index contributed by atoms with van der Waals surface area (Å²) in [4.78, 5) is 4.38. The molecule has 0 bridgehead atoms. The summed E-state index contributed by atoms with van der Waals surface area (Å²) in [5.41, 5.74) is 2.36. The van der Waals surface area contributed by atoms with Crippen molar-refractivity contribution in [2.45, 2.75) is 18.9 Å². The van der Waals surface area contributed by atoms with Gasteiger partial charge in [0.1, 0.15) is 5.01 Å². The summed E-state index contributed by atoms with van der Waals surface area (Å²) in [5, 5.41) is 3.09. The van der Waals surface area contributed by atoms with Crippen molar-refractivity contribution >= 4 is 11.3 Å². The van der Waals surface area contributed by atoms with E-state index in [1.807, 2.05) is 11.6 Å². The molecule has 0 spiro atoms. The first-order valence-electron chi connectivity index (χ1n) is 5.43. The zero-order valence-electron chi connectivity index (χ0n) is 9.14. The zero-order chi connectivity index (χ0) is 11.0. The molecule has 1 saturated heterocycles. The molecule has 3 rings (SSSR count). The first-order valence-corrected chi connectivity index (χ1v) is 6.31. The van der Waals surface area contributed by atoms with Crippen molar-refractivity contribution in [3.05, 3.63) is 41.4 Å². The van der Waals surface area contributed by atoms with E-state index in [2.05, 4.69) is 36.2 Å². The quantitative estimate of drug-likeness (QED) is 0.789. The number of thiazole rings is 1. The predicted octanol–water partition coefficient (Wildman–Crippen LogP) is 3.45. The average Bonchev–Trinajstić information content (AvgIpc) is 2.79. The van der Waals surface area contributed by atoms with Gasteiger partial charge in [-0.05, 0) is 12.5 Å². The Morgan fingerprint density at radius 2 is 2.19 bits per heavy atom. The van der Waals surface area contributed by atoms with Gasteiger partial charge in [-0.1, -0.05) is 24.3 Å². The normalized spacial score (nSPS) is 24.1. The topological polar surface area (TPSA) is 22.1 Å². The van der Waals surface area contributed by atoms with Crippen molar-refractivity contribution in [1.29, 1.82) is 0 Å². The highest BCUT2D eigenvalue weighted by Crippen LogP contribution is 2.41. The molecule has 1 aliphatic rings. The molecule has 0 saturated carbocycles. The van der Waals surface area contributed by atoms with Crippen LogP contribution in [0.2, 0.25) is 0 Å². The molecule has 1 fully saturated rings. The maximum atomic E-state index is 5.72. The van der Waals surface area contributed by atoms with Crippen molar-refractivity contribution < 1.29 is 4.74 Å². The second-order valence-electron chi connectivity index (χ2n) is 4.21. The molecule has 0 amide bonds. The highest BCUT2D eigenvalue weighted by atomic mass is 32.1. The SMILES string of the molecule is CC1(c2ccccc2-c2nccs2)CCO1. The second-order valence-corrected chi connectivity index (χ2v) is 5.11. The van der Waals surface area contributed by atoms with E-state index in [4.69, 9.17) is 4.74 Å². The van der Waals surface area contributed by atoms with Crippen LogP contribution in [0.1, 0.15) is 18.9 Å². The van der Waals surface area contributed by atoms with Crippen molar-refractivity contribution in [3.8, 4) is 10.6 Å². The molecule has 82 valence electrons. The molecule has 2 nitrogen and oxygen atoms in total. The lowest BCUT2D eigenvalue weighted by Gasteiger charge is -2.40. The Hall–Kier alpha value is -1.19. The van der Waals surface area contributed by atoms with Crippen LogP contribution in [0.25, 0.3) is 10.6 Å². The Morgan fingerprint density at radius 3 is 2.81 bits per heavy atom. The molecule has 0 aliphatic carbocycles. The maximum absolute atomic E-state index is 5.72. The van der Waals surface area contributed by atoms with Crippen LogP contribution in [-0.4, -0.2) is 11.6 Å². The third-order valence-corrected chi connectivity index (χ3v) is 3.97. The monoisotopic (exact) mass is 231 g/mol. The van der Waals surface area contributed by atoms with Crippen LogP contribution in [0.5, 0.6) is 0 Å². The third-order valence-electron chi connectivity index (χ3n) is 3.16. The minimum atomic E-state index is -0.109. The molecule has 3 heteroatoms. The Balaban J connectivity index is 2.12. The number of hydrogen-bond donors (Lipinski definition) is 0. The van der Waals surface area contributed by atoms with Crippen molar-refractivity contribution in [1.82, 2.24) is 4.98 Å². The average molecular weight is 231 g/mol. The van der Waals surface area contributed by atoms with Crippen molar-refractivity contribution in [3.63, 3.8) is 0 Å². The van der Waals surface area contributed by atoms with E-state index >= 15 is 0 Å². The van der Waals surface area contributed by atoms with E-state index in [-0.39, 0.29) is 5.60 Å². The second kappa shape index (κ2) is 3.68. The Bertz CT molecular complexity index is 488. The fraction of sp³-hybridized carbons (Fsp3) is 0.308. The lowest BCUT2D eigenvalue weighted by Crippen LogP contribution is -2.38. The van der Waals surface area contributed by atoms with Gasteiger partial charge in [-0.15, -0.1) is 11.3 Å². The Labute approximate surface area is 98.9 Å². The standard InChI is InChI=1S/C13H13NOS/c1-13(6-8-15-13)11-5-3-2-4-10(11)12-14-7-9-16-12/h2-5,7,9H,6,8H2,1H3. The summed E-state index contributed by atoms with van der Waals surface area (Å²) in [5.74, 6) is 0. The lowest BCUT2D eigenvalue weighted by atomic mass is 9.85. The van der Waals surface area contributed by atoms with E-state index in [1.54, 1.807) is 11.3 Å². The van der Waals surface area contributed by atoms with Crippen LogP contribution in [0.15, 0.2) is 35.8 Å². The Kier molecular flexibility index (Phi) is 2.30. The van der Waals surface area contributed by atoms with Crippen LogP contribution in [0.3, 0.4) is 0 Å². The van der Waals surface area contributed by atoms with Gasteiger partial charge in [0.15, 0.2) is 0 Å². The van der Waals surface area contributed by atoms with Gasteiger partial charge in [0.2, 0.25) is 0 Å². The van der Waals surface area contributed by atoms with Gasteiger partial charge < -0.3 is 4.74 Å². The highest BCUT2D eigenvalue weighted by molar-refractivity contribution is 7.13. The fourth-order valence-electron chi connectivity index (χ4n) is 2.11. The van der Waals surface area contributed by atoms with Gasteiger partial charge >= 0.3 is 0 Å². The molecule has 1 aromatic carbocycles. The van der Waals surface area contributed by atoms with E-state index < -0.39 is 0 Å². The van der Waals surface area contributed by atoms with E-state index in [1.165, 1.54) is 11.1 Å². The molecular weight excluding hydrogens is 218 g/mol. The summed E-state index contributed by atoms with van der Waals surface area (Å²) in [7, 11) is 0. The summed E-state index contributed by atoms with van der Waals surface area (Å²) < 4.78 is 5.72. The fourth-order valence-corrected chi connectivity index (χ4v) is 2.79. The van der Waals surface area contributed by atoms with E-state index in [0.29, 0.717) is 0 Å². The first-order chi connectivity index (χ1) is 7.80. The van der Waals surface area contributed by atoms with Crippen LogP contribution in [0.4, 0.5) is 0 Å². The largest absolute Gasteiger partial charge is 0.370 e. The van der Waals surface area contributed by atoms with E-state index in [9.17, 15) is 0 Å². The van der Waals surface area contributed by atoms with E-state index in [0.717, 1.165) is 18.0 Å².